The van der Waals surface area contributed by atoms with Gasteiger partial charge in [-0.15, -0.1) is 0 Å². The van der Waals surface area contributed by atoms with E-state index in [1.165, 1.54) is 16.9 Å². The summed E-state index contributed by atoms with van der Waals surface area (Å²) in [6.45, 7) is 6.42. The molecule has 0 aliphatic carbocycles. The van der Waals surface area contributed by atoms with E-state index in [4.69, 9.17) is 9.72 Å². The van der Waals surface area contributed by atoms with Crippen LogP contribution in [-0.4, -0.2) is 22.0 Å². The van der Waals surface area contributed by atoms with Crippen LogP contribution in [0.1, 0.15) is 42.4 Å². The molecule has 2 heterocycles. The zero-order valence-electron chi connectivity index (χ0n) is 17.9. The van der Waals surface area contributed by atoms with Crippen LogP contribution in [0.15, 0.2) is 66.9 Å². The van der Waals surface area contributed by atoms with Crippen molar-refractivity contribution in [1.82, 2.24) is 9.97 Å². The second kappa shape index (κ2) is 9.27. The SMILES string of the molecule is CCc1cccc2sc(N(Cc3ccccn3)C(=O)c3ccc(OC(C)C)cc3)nc12. The molecule has 0 spiro atoms. The Bertz CT molecular complexity index is 1170. The summed E-state index contributed by atoms with van der Waals surface area (Å²) < 4.78 is 6.79. The lowest BCUT2D eigenvalue weighted by Gasteiger charge is -2.20. The van der Waals surface area contributed by atoms with Gasteiger partial charge in [-0.05, 0) is 68.3 Å². The first-order chi connectivity index (χ1) is 15.0. The van der Waals surface area contributed by atoms with Crippen LogP contribution in [0.2, 0.25) is 0 Å². The normalized spacial score (nSPS) is 11.1. The molecule has 1 amide bonds. The Labute approximate surface area is 186 Å². The second-order valence-corrected chi connectivity index (χ2v) is 8.53. The standard InChI is InChI=1S/C25H25N3O2S/c1-4-18-8-7-10-22-23(18)27-25(31-22)28(16-20-9-5-6-15-26-20)24(29)19-11-13-21(14-12-19)30-17(2)3/h5-15,17H,4,16H2,1-3H3. The molecule has 0 aliphatic rings. The Morgan fingerprint density at radius 3 is 2.55 bits per heavy atom. The monoisotopic (exact) mass is 431 g/mol. The fraction of sp³-hybridized carbons (Fsp3) is 0.240. The molecular weight excluding hydrogens is 406 g/mol. The molecule has 6 heteroatoms. The number of benzene rings is 2. The smallest absolute Gasteiger partial charge is 0.260 e. The number of pyridine rings is 1. The zero-order valence-corrected chi connectivity index (χ0v) is 18.7. The molecule has 0 saturated carbocycles. The summed E-state index contributed by atoms with van der Waals surface area (Å²) in [4.78, 5) is 24.5. The van der Waals surface area contributed by atoms with Crippen LogP contribution in [0.5, 0.6) is 5.75 Å². The van der Waals surface area contributed by atoms with E-state index < -0.39 is 0 Å². The van der Waals surface area contributed by atoms with Crippen LogP contribution in [0.25, 0.3) is 10.2 Å². The van der Waals surface area contributed by atoms with Gasteiger partial charge < -0.3 is 4.74 Å². The van der Waals surface area contributed by atoms with Gasteiger partial charge in [-0.3, -0.25) is 14.7 Å². The summed E-state index contributed by atoms with van der Waals surface area (Å²) in [5.41, 5.74) is 3.54. The molecule has 31 heavy (non-hydrogen) atoms. The first kappa shape index (κ1) is 21.0. The van der Waals surface area contributed by atoms with E-state index in [1.807, 2.05) is 50.2 Å². The molecule has 0 N–H and O–H groups in total. The Hall–Kier alpha value is -3.25. The number of hydrogen-bond donors (Lipinski definition) is 0. The molecule has 2 aromatic carbocycles. The van der Waals surface area contributed by atoms with Gasteiger partial charge in [0.05, 0.1) is 28.6 Å². The van der Waals surface area contributed by atoms with Crippen LogP contribution in [0.4, 0.5) is 5.13 Å². The van der Waals surface area contributed by atoms with Crippen LogP contribution in [-0.2, 0) is 13.0 Å². The van der Waals surface area contributed by atoms with E-state index >= 15 is 0 Å². The molecule has 0 unspecified atom stereocenters. The highest BCUT2D eigenvalue weighted by Crippen LogP contribution is 2.32. The minimum absolute atomic E-state index is 0.0812. The van der Waals surface area contributed by atoms with Gasteiger partial charge in [-0.1, -0.05) is 36.5 Å². The number of hydrogen-bond acceptors (Lipinski definition) is 5. The van der Waals surface area contributed by atoms with Crippen molar-refractivity contribution in [3.63, 3.8) is 0 Å². The highest BCUT2D eigenvalue weighted by Gasteiger charge is 2.23. The van der Waals surface area contributed by atoms with Crippen LogP contribution in [0, 0.1) is 0 Å². The maximum absolute atomic E-state index is 13.5. The first-order valence-corrected chi connectivity index (χ1v) is 11.2. The number of aromatic nitrogens is 2. The molecule has 4 aromatic rings. The van der Waals surface area contributed by atoms with Crippen molar-refractivity contribution in [3.8, 4) is 5.75 Å². The van der Waals surface area contributed by atoms with E-state index in [2.05, 4.69) is 24.0 Å². The van der Waals surface area contributed by atoms with E-state index in [0.29, 0.717) is 17.2 Å². The van der Waals surface area contributed by atoms with Gasteiger partial charge in [-0.2, -0.15) is 0 Å². The van der Waals surface area contributed by atoms with E-state index in [1.54, 1.807) is 23.2 Å². The van der Waals surface area contributed by atoms with Crippen molar-refractivity contribution in [1.29, 1.82) is 0 Å². The van der Waals surface area contributed by atoms with Gasteiger partial charge in [0.25, 0.3) is 5.91 Å². The minimum Gasteiger partial charge on any atom is -0.491 e. The maximum Gasteiger partial charge on any atom is 0.260 e. The topological polar surface area (TPSA) is 55.3 Å². The Kier molecular flexibility index (Phi) is 6.28. The number of carbonyl (C=O) groups excluding carboxylic acids is 1. The summed E-state index contributed by atoms with van der Waals surface area (Å²) in [6, 6.07) is 19.2. The van der Waals surface area contributed by atoms with Gasteiger partial charge >= 0.3 is 0 Å². The molecule has 0 saturated heterocycles. The minimum atomic E-state index is -0.112. The van der Waals surface area contributed by atoms with Crippen molar-refractivity contribution in [2.75, 3.05) is 4.90 Å². The predicted molar refractivity (Wildman–Crippen MR) is 126 cm³/mol. The number of aryl methyl sites for hydroxylation is 1. The third-order valence-corrected chi connectivity index (χ3v) is 5.91. The molecule has 4 rings (SSSR count). The van der Waals surface area contributed by atoms with Crippen LogP contribution < -0.4 is 9.64 Å². The largest absolute Gasteiger partial charge is 0.491 e. The lowest BCUT2D eigenvalue weighted by Crippen LogP contribution is -2.30. The summed E-state index contributed by atoms with van der Waals surface area (Å²) in [5.74, 6) is 0.634. The van der Waals surface area contributed by atoms with Gasteiger partial charge in [0.2, 0.25) is 0 Å². The number of thiazole rings is 1. The molecule has 0 bridgehead atoms. The highest BCUT2D eigenvalue weighted by atomic mass is 32.1. The van der Waals surface area contributed by atoms with E-state index in [9.17, 15) is 4.79 Å². The molecule has 0 fully saturated rings. The van der Waals surface area contributed by atoms with Crippen LogP contribution in [0.3, 0.4) is 0 Å². The predicted octanol–water partition coefficient (Wildman–Crippen LogP) is 5.89. The lowest BCUT2D eigenvalue weighted by molar-refractivity contribution is 0.0984. The number of ether oxygens (including phenoxy) is 1. The average Bonchev–Trinajstić information content (AvgIpc) is 3.22. The molecule has 0 radical (unpaired) electrons. The summed E-state index contributed by atoms with van der Waals surface area (Å²) >= 11 is 1.53. The van der Waals surface area contributed by atoms with Crippen molar-refractivity contribution in [2.24, 2.45) is 0 Å². The van der Waals surface area contributed by atoms with Gasteiger partial charge in [0.1, 0.15) is 5.75 Å². The van der Waals surface area contributed by atoms with Crippen molar-refractivity contribution >= 4 is 32.6 Å². The molecule has 5 nitrogen and oxygen atoms in total. The average molecular weight is 432 g/mol. The number of rotatable bonds is 7. The third-order valence-electron chi connectivity index (χ3n) is 4.87. The fourth-order valence-electron chi connectivity index (χ4n) is 3.38. The second-order valence-electron chi connectivity index (χ2n) is 7.52. The summed E-state index contributed by atoms with van der Waals surface area (Å²) in [7, 11) is 0. The van der Waals surface area contributed by atoms with E-state index in [0.717, 1.165) is 28.1 Å². The van der Waals surface area contributed by atoms with Gasteiger partial charge in [0, 0.05) is 11.8 Å². The Morgan fingerprint density at radius 1 is 1.06 bits per heavy atom. The Balaban J connectivity index is 1.71. The van der Waals surface area contributed by atoms with Gasteiger partial charge in [0.15, 0.2) is 5.13 Å². The van der Waals surface area contributed by atoms with Crippen molar-refractivity contribution < 1.29 is 9.53 Å². The van der Waals surface area contributed by atoms with Crippen molar-refractivity contribution in [2.45, 2.75) is 39.8 Å². The number of para-hydroxylation sites is 1. The Morgan fingerprint density at radius 2 is 1.87 bits per heavy atom. The van der Waals surface area contributed by atoms with E-state index in [-0.39, 0.29) is 12.0 Å². The highest BCUT2D eigenvalue weighted by molar-refractivity contribution is 7.22. The lowest BCUT2D eigenvalue weighted by atomic mass is 10.1. The third kappa shape index (κ3) is 4.75. The number of carbonyl (C=O) groups is 1. The first-order valence-electron chi connectivity index (χ1n) is 10.4. The van der Waals surface area contributed by atoms with Gasteiger partial charge in [-0.25, -0.2) is 4.98 Å². The quantitative estimate of drug-likeness (QED) is 0.366. The number of amides is 1. The molecule has 0 atom stereocenters. The van der Waals surface area contributed by atoms with Crippen LogP contribution >= 0.6 is 11.3 Å². The number of nitrogens with zero attached hydrogens (tertiary/aromatic N) is 3. The number of fused-ring (bicyclic) bond motifs is 1. The molecule has 158 valence electrons. The summed E-state index contributed by atoms with van der Waals surface area (Å²) in [5, 5.41) is 0.675. The maximum atomic E-state index is 13.5. The molecular formula is C25H25N3O2S. The molecule has 2 aromatic heterocycles. The summed E-state index contributed by atoms with van der Waals surface area (Å²) in [6.07, 6.45) is 2.72. The number of anilines is 1. The molecule has 0 aliphatic heterocycles. The fourth-order valence-corrected chi connectivity index (χ4v) is 4.39. The van der Waals surface area contributed by atoms with Crippen molar-refractivity contribution in [3.05, 3.63) is 83.7 Å². The zero-order chi connectivity index (χ0) is 21.8.